The smallest absolute Gasteiger partial charge is 0.307 e. The van der Waals surface area contributed by atoms with E-state index in [2.05, 4.69) is 15.5 Å². The lowest BCUT2D eigenvalue weighted by atomic mass is 10.0. The number of nitrogens with one attached hydrogen (secondary N) is 1. The summed E-state index contributed by atoms with van der Waals surface area (Å²) >= 11 is 6.22. The van der Waals surface area contributed by atoms with Crippen molar-refractivity contribution in [2.75, 3.05) is 7.11 Å². The van der Waals surface area contributed by atoms with Crippen molar-refractivity contribution < 1.29 is 18.8 Å². The normalized spacial score (nSPS) is 12.0. The molecule has 26 heavy (non-hydrogen) atoms. The van der Waals surface area contributed by atoms with Crippen molar-refractivity contribution in [2.45, 2.75) is 19.4 Å². The van der Waals surface area contributed by atoms with E-state index in [9.17, 15) is 9.59 Å². The molecule has 0 saturated heterocycles. The van der Waals surface area contributed by atoms with Gasteiger partial charge in [0, 0.05) is 11.2 Å². The number of carbonyl (C=O) groups excluding carboxylic acids is 2. The van der Waals surface area contributed by atoms with E-state index in [1.807, 2.05) is 0 Å². The van der Waals surface area contributed by atoms with Gasteiger partial charge in [-0.05, 0) is 24.6 Å². The molecule has 3 aromatic rings. The summed E-state index contributed by atoms with van der Waals surface area (Å²) in [5, 5.41) is 7.74. The maximum Gasteiger partial charge on any atom is 0.307 e. The fourth-order valence-electron chi connectivity index (χ4n) is 2.56. The van der Waals surface area contributed by atoms with Crippen LogP contribution in [0.3, 0.4) is 0 Å². The molecule has 1 atom stereocenters. The topological polar surface area (TPSA) is 94.3 Å². The van der Waals surface area contributed by atoms with E-state index in [4.69, 9.17) is 20.9 Å². The summed E-state index contributed by atoms with van der Waals surface area (Å²) < 4.78 is 9.77. The largest absolute Gasteiger partial charge is 0.469 e. The van der Waals surface area contributed by atoms with E-state index >= 15 is 0 Å². The van der Waals surface area contributed by atoms with Crippen LogP contribution in [-0.2, 0) is 9.53 Å². The monoisotopic (exact) mass is 373 g/mol. The van der Waals surface area contributed by atoms with Crippen LogP contribution in [0.2, 0.25) is 5.02 Å². The van der Waals surface area contributed by atoms with Crippen LogP contribution in [0.5, 0.6) is 0 Å². The summed E-state index contributed by atoms with van der Waals surface area (Å²) in [7, 11) is 1.29. The minimum atomic E-state index is -0.636. The number of amides is 1. The molecule has 2 aromatic heterocycles. The Balaban J connectivity index is 1.89. The number of hydrogen-bond donors (Lipinski definition) is 1. The summed E-state index contributed by atoms with van der Waals surface area (Å²) in [6.07, 6.45) is 1.35. The van der Waals surface area contributed by atoms with Crippen molar-refractivity contribution >= 4 is 34.6 Å². The lowest BCUT2D eigenvalue weighted by Crippen LogP contribution is -2.30. The first-order valence-electron chi connectivity index (χ1n) is 7.83. The molecular formula is C18H16ClN3O4. The molecule has 0 aliphatic heterocycles. The van der Waals surface area contributed by atoms with Gasteiger partial charge >= 0.3 is 5.97 Å². The Labute approximate surface area is 154 Å². The number of rotatable bonds is 5. The van der Waals surface area contributed by atoms with E-state index in [1.165, 1.54) is 13.3 Å². The van der Waals surface area contributed by atoms with Crippen molar-refractivity contribution in [2.24, 2.45) is 0 Å². The Hall–Kier alpha value is -2.93. The third-order valence-electron chi connectivity index (χ3n) is 3.96. The van der Waals surface area contributed by atoms with Crippen LogP contribution >= 0.6 is 11.6 Å². The summed E-state index contributed by atoms with van der Waals surface area (Å²) in [5.41, 5.74) is 1.95. The highest BCUT2D eigenvalue weighted by Crippen LogP contribution is 2.26. The van der Waals surface area contributed by atoms with Crippen molar-refractivity contribution in [3.8, 4) is 0 Å². The minimum absolute atomic E-state index is 0.0477. The number of ether oxygens (including phenoxy) is 1. The van der Waals surface area contributed by atoms with Gasteiger partial charge in [0.2, 0.25) is 0 Å². The zero-order valence-electron chi connectivity index (χ0n) is 14.2. The van der Waals surface area contributed by atoms with Gasteiger partial charge in [0.15, 0.2) is 0 Å². The van der Waals surface area contributed by atoms with Gasteiger partial charge in [-0.25, -0.2) is 4.98 Å². The predicted octanol–water partition coefficient (Wildman–Crippen LogP) is 3.22. The van der Waals surface area contributed by atoms with Crippen LogP contribution < -0.4 is 5.32 Å². The number of aromatic nitrogens is 2. The van der Waals surface area contributed by atoms with Crippen LogP contribution in [0.15, 0.2) is 41.1 Å². The number of fused-ring (bicyclic) bond motifs is 1. The molecule has 2 heterocycles. The average molecular weight is 374 g/mol. The molecule has 1 N–H and O–H groups in total. The SMILES string of the molecule is COC(=O)C[C@@H](NC(=O)c1cnc2onc(C)c2c1)c1ccccc1Cl. The third-order valence-corrected chi connectivity index (χ3v) is 4.30. The lowest BCUT2D eigenvalue weighted by molar-refractivity contribution is -0.141. The number of esters is 1. The number of carbonyl (C=O) groups is 2. The number of methoxy groups -OCH3 is 1. The second-order valence-electron chi connectivity index (χ2n) is 5.67. The molecule has 0 radical (unpaired) electrons. The van der Waals surface area contributed by atoms with E-state index in [1.54, 1.807) is 37.3 Å². The van der Waals surface area contributed by atoms with Crippen LogP contribution in [0, 0.1) is 6.92 Å². The number of halogens is 1. The summed E-state index contributed by atoms with van der Waals surface area (Å²) in [5.74, 6) is -0.854. The van der Waals surface area contributed by atoms with Gasteiger partial charge in [0.1, 0.15) is 0 Å². The fraction of sp³-hybridized carbons (Fsp3) is 0.222. The third kappa shape index (κ3) is 3.67. The van der Waals surface area contributed by atoms with Gasteiger partial charge in [0.25, 0.3) is 11.6 Å². The van der Waals surface area contributed by atoms with Gasteiger partial charge < -0.3 is 14.6 Å². The first-order valence-corrected chi connectivity index (χ1v) is 8.21. The first-order chi connectivity index (χ1) is 12.5. The van der Waals surface area contributed by atoms with Crippen molar-refractivity contribution in [1.82, 2.24) is 15.5 Å². The molecule has 0 bridgehead atoms. The Morgan fingerprint density at radius 2 is 2.12 bits per heavy atom. The van der Waals surface area contributed by atoms with E-state index in [-0.39, 0.29) is 6.42 Å². The van der Waals surface area contributed by atoms with Gasteiger partial charge in [-0.2, -0.15) is 0 Å². The molecule has 8 heteroatoms. The maximum absolute atomic E-state index is 12.7. The van der Waals surface area contributed by atoms with E-state index in [0.717, 1.165) is 0 Å². The molecule has 134 valence electrons. The number of hydrogen-bond acceptors (Lipinski definition) is 6. The second kappa shape index (κ2) is 7.53. The lowest BCUT2D eigenvalue weighted by Gasteiger charge is -2.19. The first kappa shape index (κ1) is 17.9. The Morgan fingerprint density at radius 1 is 1.35 bits per heavy atom. The van der Waals surface area contributed by atoms with Gasteiger partial charge in [0.05, 0.1) is 36.2 Å². The van der Waals surface area contributed by atoms with Crippen LogP contribution in [0.1, 0.15) is 34.1 Å². The maximum atomic E-state index is 12.7. The van der Waals surface area contributed by atoms with Crippen LogP contribution in [-0.4, -0.2) is 29.1 Å². The summed E-state index contributed by atoms with van der Waals surface area (Å²) in [4.78, 5) is 28.5. The Kier molecular flexibility index (Phi) is 5.18. The highest BCUT2D eigenvalue weighted by atomic mass is 35.5. The molecule has 0 fully saturated rings. The highest BCUT2D eigenvalue weighted by molar-refractivity contribution is 6.31. The zero-order chi connectivity index (χ0) is 18.7. The molecule has 0 unspecified atom stereocenters. The van der Waals surface area contributed by atoms with Crippen molar-refractivity contribution in [3.63, 3.8) is 0 Å². The second-order valence-corrected chi connectivity index (χ2v) is 6.08. The molecule has 0 aliphatic rings. The molecule has 1 aromatic carbocycles. The Bertz CT molecular complexity index is 970. The Morgan fingerprint density at radius 3 is 2.85 bits per heavy atom. The minimum Gasteiger partial charge on any atom is -0.469 e. The quantitative estimate of drug-likeness (QED) is 0.690. The number of nitrogens with zero attached hydrogens (tertiary/aromatic N) is 2. The highest BCUT2D eigenvalue weighted by Gasteiger charge is 2.22. The molecule has 7 nitrogen and oxygen atoms in total. The number of aryl methyl sites for hydroxylation is 1. The zero-order valence-corrected chi connectivity index (χ0v) is 14.9. The van der Waals surface area contributed by atoms with E-state index < -0.39 is 17.9 Å². The van der Waals surface area contributed by atoms with Crippen LogP contribution in [0.25, 0.3) is 11.1 Å². The summed E-state index contributed by atoms with van der Waals surface area (Å²) in [6.45, 7) is 1.76. The predicted molar refractivity (Wildman–Crippen MR) is 94.8 cm³/mol. The molecule has 0 spiro atoms. The molecule has 1 amide bonds. The molecule has 3 rings (SSSR count). The average Bonchev–Trinajstić information content (AvgIpc) is 3.02. The van der Waals surface area contributed by atoms with E-state index in [0.29, 0.717) is 32.9 Å². The standard InChI is InChI=1S/C18H16ClN3O4/c1-10-13-7-11(9-20-18(13)26-22-10)17(24)21-15(8-16(23)25-2)12-5-3-4-6-14(12)19/h3-7,9,15H,8H2,1-2H3,(H,21,24)/t15-/m1/s1. The van der Waals surface area contributed by atoms with Crippen LogP contribution in [0.4, 0.5) is 0 Å². The number of pyridine rings is 1. The molecular weight excluding hydrogens is 358 g/mol. The fourth-order valence-corrected chi connectivity index (χ4v) is 2.82. The van der Waals surface area contributed by atoms with Crippen molar-refractivity contribution in [3.05, 3.63) is 58.4 Å². The molecule has 0 saturated carbocycles. The summed E-state index contributed by atoms with van der Waals surface area (Å²) in [6, 6.07) is 8.01. The van der Waals surface area contributed by atoms with Crippen molar-refractivity contribution in [1.29, 1.82) is 0 Å². The van der Waals surface area contributed by atoms with Gasteiger partial charge in [-0.1, -0.05) is 35.0 Å². The molecule has 0 aliphatic carbocycles. The number of benzene rings is 1. The van der Waals surface area contributed by atoms with Gasteiger partial charge in [-0.15, -0.1) is 0 Å². The van der Waals surface area contributed by atoms with Gasteiger partial charge in [-0.3, -0.25) is 9.59 Å².